The second-order valence-corrected chi connectivity index (χ2v) is 9.09. The van der Waals surface area contributed by atoms with E-state index in [2.05, 4.69) is 0 Å². The number of aliphatic hydroxyl groups excluding tert-OH is 1. The van der Waals surface area contributed by atoms with Crippen LogP contribution in [0.4, 0.5) is 4.39 Å². The summed E-state index contributed by atoms with van der Waals surface area (Å²) in [4.78, 5) is 61.9. The lowest BCUT2D eigenvalue weighted by Crippen LogP contribution is -2.44. The highest BCUT2D eigenvalue weighted by Gasteiger charge is 2.45. The van der Waals surface area contributed by atoms with Crippen LogP contribution in [0, 0.1) is 5.82 Å². The topological polar surface area (TPSA) is 143 Å². The minimum absolute atomic E-state index is 0.0646. The number of ether oxygens (including phenoxy) is 3. The van der Waals surface area contributed by atoms with E-state index < -0.39 is 66.1 Å². The Bertz CT molecular complexity index is 1050. The molecule has 2 rings (SSSR count). The Balaban J connectivity index is 2.23. The van der Waals surface area contributed by atoms with Crippen LogP contribution in [0.3, 0.4) is 0 Å². The third-order valence-electron chi connectivity index (χ3n) is 6.01. The maximum absolute atomic E-state index is 14.4. The molecular weight excluding hydrogens is 491 g/mol. The van der Waals surface area contributed by atoms with Crippen molar-refractivity contribution in [3.63, 3.8) is 0 Å². The Labute approximate surface area is 214 Å². The fourth-order valence-electron chi connectivity index (χ4n) is 4.04. The molecule has 0 saturated carbocycles. The number of rotatable bonds is 15. The Morgan fingerprint density at radius 3 is 2.41 bits per heavy atom. The Hall–Kier alpha value is -2.86. The number of unbranched alkanes of at least 4 members (excludes halogenated alkanes) is 3. The molecule has 11 nitrogen and oxygen atoms in total. The molecule has 0 radical (unpaired) electrons. The van der Waals surface area contributed by atoms with Crippen LogP contribution in [0.15, 0.2) is 15.8 Å². The molecule has 1 aliphatic rings. The highest BCUT2D eigenvalue weighted by atomic mass is 19.1. The first-order chi connectivity index (χ1) is 17.6. The molecule has 1 aliphatic heterocycles. The summed E-state index contributed by atoms with van der Waals surface area (Å²) < 4.78 is 31.7. The zero-order valence-corrected chi connectivity index (χ0v) is 21.7. The second-order valence-electron chi connectivity index (χ2n) is 9.09. The maximum atomic E-state index is 14.4. The van der Waals surface area contributed by atoms with E-state index in [9.17, 15) is 33.5 Å². The molecular formula is C25H37FN2O9. The van der Waals surface area contributed by atoms with Crippen molar-refractivity contribution >= 4 is 17.7 Å². The third-order valence-corrected chi connectivity index (χ3v) is 6.01. The molecule has 1 N–H and O–H groups in total. The summed E-state index contributed by atoms with van der Waals surface area (Å²) in [6, 6.07) is 0. The van der Waals surface area contributed by atoms with Crippen molar-refractivity contribution in [3.05, 3.63) is 32.9 Å². The molecule has 0 aromatic carbocycles. The van der Waals surface area contributed by atoms with Gasteiger partial charge in [0.1, 0.15) is 12.3 Å². The van der Waals surface area contributed by atoms with Crippen molar-refractivity contribution in [2.75, 3.05) is 0 Å². The first-order valence-corrected chi connectivity index (χ1v) is 12.9. The van der Waals surface area contributed by atoms with E-state index in [1.165, 1.54) is 0 Å². The van der Waals surface area contributed by atoms with E-state index in [0.717, 1.165) is 23.8 Å². The van der Waals surface area contributed by atoms with Crippen molar-refractivity contribution in [1.82, 2.24) is 9.13 Å². The fourth-order valence-corrected chi connectivity index (χ4v) is 4.04. The quantitative estimate of drug-likeness (QED) is 0.268. The monoisotopic (exact) mass is 528 g/mol. The van der Waals surface area contributed by atoms with Crippen LogP contribution >= 0.6 is 0 Å². The van der Waals surface area contributed by atoms with Gasteiger partial charge in [0, 0.05) is 25.7 Å². The average molecular weight is 529 g/mol. The van der Waals surface area contributed by atoms with Crippen molar-refractivity contribution in [1.29, 1.82) is 0 Å². The molecule has 1 aromatic heterocycles. The smallest absolute Gasteiger partial charge is 0.336 e. The van der Waals surface area contributed by atoms with Crippen molar-refractivity contribution in [2.24, 2.45) is 0 Å². The summed E-state index contributed by atoms with van der Waals surface area (Å²) >= 11 is 0. The van der Waals surface area contributed by atoms with Crippen molar-refractivity contribution in [3.8, 4) is 0 Å². The number of halogens is 1. The Kier molecular flexibility index (Phi) is 12.1. The van der Waals surface area contributed by atoms with Gasteiger partial charge in [0.25, 0.3) is 5.56 Å². The molecule has 12 heteroatoms. The number of carbonyl (C=O) groups is 3. The molecule has 37 heavy (non-hydrogen) atoms. The van der Waals surface area contributed by atoms with Crippen LogP contribution in [-0.2, 0) is 35.3 Å². The maximum Gasteiger partial charge on any atom is 0.336 e. The third kappa shape index (κ3) is 8.32. The summed E-state index contributed by atoms with van der Waals surface area (Å²) in [5, 5.41) is 10.6. The average Bonchev–Trinajstić information content (AvgIpc) is 3.23. The summed E-state index contributed by atoms with van der Waals surface area (Å²) in [5.74, 6) is -3.01. The molecule has 2 heterocycles. The molecule has 1 saturated heterocycles. The van der Waals surface area contributed by atoms with Crippen LogP contribution in [0.5, 0.6) is 0 Å². The fraction of sp³-hybridized carbons (Fsp3) is 0.720. The largest absolute Gasteiger partial charge is 0.451 e. The molecule has 0 spiro atoms. The molecule has 0 aliphatic carbocycles. The van der Waals surface area contributed by atoms with Gasteiger partial charge in [-0.15, -0.1) is 0 Å². The first kappa shape index (κ1) is 30.4. The van der Waals surface area contributed by atoms with Gasteiger partial charge in [-0.05, 0) is 19.3 Å². The van der Waals surface area contributed by atoms with E-state index in [1.807, 2.05) is 6.92 Å². The molecule has 1 aromatic rings. The number of nitrogens with zero attached hydrogens (tertiary/aromatic N) is 2. The van der Waals surface area contributed by atoms with Gasteiger partial charge in [0.05, 0.1) is 12.3 Å². The van der Waals surface area contributed by atoms with Crippen molar-refractivity contribution in [2.45, 2.75) is 116 Å². The Morgan fingerprint density at radius 1 is 1.05 bits per heavy atom. The number of carbonyl (C=O) groups excluding carboxylic acids is 3. The predicted molar refractivity (Wildman–Crippen MR) is 129 cm³/mol. The number of ketones is 1. The minimum Gasteiger partial charge on any atom is -0.451 e. The molecule has 208 valence electrons. The summed E-state index contributed by atoms with van der Waals surface area (Å²) in [5.41, 5.74) is -2.30. The standard InChI is InChI=1S/C25H37FN2O9/c1-4-7-8-9-12-20(31)35-15-28-24(33)16(26)14-27(25(28)34)19-13-18(30)23(36-19)22(17(29)10-5-2)37-21(32)11-6-3/h14,18-19,22-23,30H,4-13,15H2,1-3H3/t18-,19+,22?,23-/m0/s1. The number of aromatic nitrogens is 2. The number of hydrogen-bond donors (Lipinski definition) is 1. The van der Waals surface area contributed by atoms with Crippen molar-refractivity contribution < 1.29 is 38.1 Å². The van der Waals surface area contributed by atoms with Gasteiger partial charge in [0.15, 0.2) is 18.6 Å². The van der Waals surface area contributed by atoms with E-state index >= 15 is 0 Å². The SMILES string of the molecule is CCCCCCC(=O)OCn1c(=O)c(F)cn([C@H]2C[C@H](O)[C@@H](C(OC(=O)CCC)C(=O)CCC)O2)c1=O. The number of hydrogen-bond acceptors (Lipinski definition) is 9. The molecule has 0 bridgehead atoms. The number of aliphatic hydroxyl groups is 1. The number of Topliss-reactive ketones (excluding diaryl/α,β-unsaturated/α-hetero) is 1. The van der Waals surface area contributed by atoms with E-state index in [-0.39, 0.29) is 25.7 Å². The molecule has 1 unspecified atom stereocenters. The van der Waals surface area contributed by atoms with Gasteiger partial charge >= 0.3 is 17.6 Å². The minimum atomic E-state index is -1.40. The number of esters is 2. The summed E-state index contributed by atoms with van der Waals surface area (Å²) in [6.07, 6.45) is -0.312. The normalized spacial score (nSPS) is 20.0. The molecule has 0 amide bonds. The van der Waals surface area contributed by atoms with Gasteiger partial charge in [0.2, 0.25) is 5.82 Å². The van der Waals surface area contributed by atoms with Crippen LogP contribution in [0.2, 0.25) is 0 Å². The zero-order valence-electron chi connectivity index (χ0n) is 21.7. The lowest BCUT2D eigenvalue weighted by Gasteiger charge is -2.25. The Morgan fingerprint density at radius 2 is 1.76 bits per heavy atom. The predicted octanol–water partition coefficient (Wildman–Crippen LogP) is 2.35. The van der Waals surface area contributed by atoms with Gasteiger partial charge in [-0.1, -0.05) is 40.0 Å². The zero-order chi connectivity index (χ0) is 27.5. The van der Waals surface area contributed by atoms with Gasteiger partial charge in [-0.25, -0.2) is 9.36 Å². The van der Waals surface area contributed by atoms with Crippen LogP contribution in [-0.4, -0.2) is 50.3 Å². The lowest BCUT2D eigenvalue weighted by molar-refractivity contribution is -0.169. The second kappa shape index (κ2) is 14.8. The van der Waals surface area contributed by atoms with Crippen LogP contribution in [0.1, 0.15) is 91.2 Å². The summed E-state index contributed by atoms with van der Waals surface area (Å²) in [6.45, 7) is 4.77. The van der Waals surface area contributed by atoms with Crippen LogP contribution in [0.25, 0.3) is 0 Å². The first-order valence-electron chi connectivity index (χ1n) is 12.9. The van der Waals surface area contributed by atoms with Gasteiger partial charge in [-0.2, -0.15) is 4.39 Å². The van der Waals surface area contributed by atoms with E-state index in [1.54, 1.807) is 13.8 Å². The highest BCUT2D eigenvalue weighted by Crippen LogP contribution is 2.31. The van der Waals surface area contributed by atoms with Gasteiger partial charge in [-0.3, -0.25) is 23.7 Å². The highest BCUT2D eigenvalue weighted by molar-refractivity contribution is 5.86. The van der Waals surface area contributed by atoms with E-state index in [4.69, 9.17) is 14.2 Å². The van der Waals surface area contributed by atoms with Gasteiger partial charge < -0.3 is 19.3 Å². The van der Waals surface area contributed by atoms with Crippen LogP contribution < -0.4 is 11.2 Å². The summed E-state index contributed by atoms with van der Waals surface area (Å²) in [7, 11) is 0. The van der Waals surface area contributed by atoms with E-state index in [0.29, 0.717) is 30.0 Å². The molecule has 1 fully saturated rings. The molecule has 4 atom stereocenters. The lowest BCUT2D eigenvalue weighted by atomic mass is 10.0.